The van der Waals surface area contributed by atoms with E-state index in [1.165, 1.54) is 0 Å². The van der Waals surface area contributed by atoms with E-state index < -0.39 is 16.1 Å². The molecular formula is C13H20N4O3S. The van der Waals surface area contributed by atoms with Gasteiger partial charge in [0.15, 0.2) is 0 Å². The highest BCUT2D eigenvalue weighted by atomic mass is 32.2. The van der Waals surface area contributed by atoms with Crippen molar-refractivity contribution in [2.45, 2.75) is 18.9 Å². The molecule has 116 valence electrons. The van der Waals surface area contributed by atoms with Gasteiger partial charge in [-0.25, -0.2) is 13.2 Å². The minimum atomic E-state index is -3.32. The zero-order valence-electron chi connectivity index (χ0n) is 11.9. The number of sulfonamides is 1. The molecule has 1 saturated heterocycles. The third-order valence-electron chi connectivity index (χ3n) is 3.39. The van der Waals surface area contributed by atoms with Gasteiger partial charge < -0.3 is 16.0 Å². The molecule has 0 bridgehead atoms. The van der Waals surface area contributed by atoms with Crippen molar-refractivity contribution in [2.75, 3.05) is 29.4 Å². The summed E-state index contributed by atoms with van der Waals surface area (Å²) in [5.41, 5.74) is 6.51. The Morgan fingerprint density at radius 3 is 2.33 bits per heavy atom. The van der Waals surface area contributed by atoms with E-state index in [0.29, 0.717) is 18.8 Å². The topological polar surface area (TPSA) is 105 Å². The Hall–Kier alpha value is -1.96. The molecule has 1 aliphatic rings. The summed E-state index contributed by atoms with van der Waals surface area (Å²) in [5, 5.41) is 3.33. The third kappa shape index (κ3) is 4.52. The molecule has 1 fully saturated rings. The molecule has 1 aromatic carbocycles. The Kier molecular flexibility index (Phi) is 4.56. The molecule has 0 spiro atoms. The molecule has 1 aliphatic heterocycles. The zero-order valence-corrected chi connectivity index (χ0v) is 12.7. The van der Waals surface area contributed by atoms with Crippen molar-refractivity contribution in [1.29, 1.82) is 0 Å². The van der Waals surface area contributed by atoms with Gasteiger partial charge in [-0.2, -0.15) is 0 Å². The first-order valence-corrected chi connectivity index (χ1v) is 8.62. The number of para-hydroxylation sites is 2. The van der Waals surface area contributed by atoms with Crippen LogP contribution in [0.25, 0.3) is 0 Å². The number of rotatable bonds is 4. The fourth-order valence-corrected chi connectivity index (χ4v) is 2.94. The first-order chi connectivity index (χ1) is 9.85. The largest absolute Gasteiger partial charge is 0.380 e. The first kappa shape index (κ1) is 15.4. The number of hydrogen-bond donors (Lipinski definition) is 3. The number of hydrogen-bond acceptors (Lipinski definition) is 4. The van der Waals surface area contributed by atoms with Crippen molar-refractivity contribution in [3.8, 4) is 0 Å². The minimum absolute atomic E-state index is 0.183. The summed E-state index contributed by atoms with van der Waals surface area (Å²) in [6, 6.07) is 6.94. The van der Waals surface area contributed by atoms with Crippen molar-refractivity contribution in [1.82, 2.24) is 4.90 Å². The van der Waals surface area contributed by atoms with E-state index in [9.17, 15) is 13.2 Å². The number of likely N-dealkylation sites (tertiary alicyclic amines) is 1. The highest BCUT2D eigenvalue weighted by Gasteiger charge is 2.21. The van der Waals surface area contributed by atoms with Gasteiger partial charge in [-0.3, -0.25) is 4.72 Å². The summed E-state index contributed by atoms with van der Waals surface area (Å²) >= 11 is 0. The molecular weight excluding hydrogens is 292 g/mol. The van der Waals surface area contributed by atoms with Crippen LogP contribution in [0, 0.1) is 0 Å². The van der Waals surface area contributed by atoms with E-state index in [2.05, 4.69) is 10.0 Å². The molecule has 0 atom stereocenters. The summed E-state index contributed by atoms with van der Waals surface area (Å²) in [6.07, 6.45) is 2.67. The molecule has 0 aromatic heterocycles. The smallest absolute Gasteiger partial charge is 0.314 e. The molecule has 4 N–H and O–H groups in total. The van der Waals surface area contributed by atoms with E-state index in [4.69, 9.17) is 5.73 Å². The Balaban J connectivity index is 2.02. The molecule has 7 nitrogen and oxygen atoms in total. The summed E-state index contributed by atoms with van der Waals surface area (Å²) in [6.45, 7) is 1.21. The monoisotopic (exact) mass is 312 g/mol. The van der Waals surface area contributed by atoms with Gasteiger partial charge in [0.05, 0.1) is 17.6 Å². The lowest BCUT2D eigenvalue weighted by Crippen LogP contribution is -2.44. The number of urea groups is 1. The predicted octanol–water partition coefficient (Wildman–Crippen LogP) is 1.01. The van der Waals surface area contributed by atoms with Crippen LogP contribution in [0.1, 0.15) is 12.8 Å². The number of nitrogens with zero attached hydrogens (tertiary/aromatic N) is 1. The van der Waals surface area contributed by atoms with Crippen LogP contribution in [0.15, 0.2) is 24.3 Å². The lowest BCUT2D eigenvalue weighted by molar-refractivity contribution is 0.193. The zero-order chi connectivity index (χ0) is 15.5. The molecule has 21 heavy (non-hydrogen) atoms. The number of nitrogens with two attached hydrogens (primary N) is 1. The number of carbonyl (C=O) groups is 1. The number of anilines is 2. The van der Waals surface area contributed by atoms with Crippen LogP contribution in [-0.2, 0) is 10.0 Å². The molecule has 0 aliphatic carbocycles. The van der Waals surface area contributed by atoms with Crippen LogP contribution in [0.4, 0.5) is 16.2 Å². The molecule has 8 heteroatoms. The average molecular weight is 312 g/mol. The Morgan fingerprint density at radius 2 is 1.81 bits per heavy atom. The molecule has 1 aromatic rings. The van der Waals surface area contributed by atoms with Crippen molar-refractivity contribution in [3.05, 3.63) is 24.3 Å². The number of amides is 2. The first-order valence-electron chi connectivity index (χ1n) is 6.73. The van der Waals surface area contributed by atoms with Gasteiger partial charge in [-0.05, 0) is 25.0 Å². The van der Waals surface area contributed by atoms with Crippen LogP contribution in [0.5, 0.6) is 0 Å². The summed E-state index contributed by atoms with van der Waals surface area (Å²) < 4.78 is 25.2. The van der Waals surface area contributed by atoms with Gasteiger partial charge in [0.25, 0.3) is 0 Å². The van der Waals surface area contributed by atoms with Gasteiger partial charge in [0, 0.05) is 19.1 Å². The number of primary amides is 1. The van der Waals surface area contributed by atoms with Crippen LogP contribution in [-0.4, -0.2) is 44.7 Å². The van der Waals surface area contributed by atoms with Gasteiger partial charge in [-0.1, -0.05) is 12.1 Å². The molecule has 0 radical (unpaired) electrons. The van der Waals surface area contributed by atoms with Gasteiger partial charge in [-0.15, -0.1) is 0 Å². The Bertz CT molecular complexity index is 610. The quantitative estimate of drug-likeness (QED) is 0.771. The van der Waals surface area contributed by atoms with Crippen molar-refractivity contribution < 1.29 is 13.2 Å². The lowest BCUT2D eigenvalue weighted by atomic mass is 10.0. The molecule has 0 unspecified atom stereocenters. The third-order valence-corrected chi connectivity index (χ3v) is 3.98. The van der Waals surface area contributed by atoms with E-state index in [1.54, 1.807) is 17.0 Å². The van der Waals surface area contributed by atoms with Crippen LogP contribution in [0.2, 0.25) is 0 Å². The van der Waals surface area contributed by atoms with E-state index in [-0.39, 0.29) is 6.04 Å². The van der Waals surface area contributed by atoms with Crippen LogP contribution < -0.4 is 15.8 Å². The minimum Gasteiger partial charge on any atom is -0.380 e. The summed E-state index contributed by atoms with van der Waals surface area (Å²) in [5.74, 6) is 0. The maximum absolute atomic E-state index is 11.4. The fraction of sp³-hybridized carbons (Fsp3) is 0.462. The highest BCUT2D eigenvalue weighted by Crippen LogP contribution is 2.25. The van der Waals surface area contributed by atoms with Crippen LogP contribution >= 0.6 is 0 Å². The van der Waals surface area contributed by atoms with Gasteiger partial charge >= 0.3 is 6.03 Å². The van der Waals surface area contributed by atoms with Gasteiger partial charge in [0.2, 0.25) is 10.0 Å². The highest BCUT2D eigenvalue weighted by molar-refractivity contribution is 7.92. The van der Waals surface area contributed by atoms with Gasteiger partial charge in [0.1, 0.15) is 0 Å². The molecule has 2 amide bonds. The standard InChI is InChI=1S/C13H20N4O3S/c1-21(19,20)16-12-5-3-2-4-11(12)15-10-6-8-17(9-7-10)13(14)18/h2-5,10,15-16H,6-9H2,1H3,(H2,14,18). The van der Waals surface area contributed by atoms with Crippen LogP contribution in [0.3, 0.4) is 0 Å². The van der Waals surface area contributed by atoms with E-state index in [0.717, 1.165) is 24.8 Å². The normalized spacial score (nSPS) is 16.5. The number of carbonyl (C=O) groups excluding carboxylic acids is 1. The average Bonchev–Trinajstić information content (AvgIpc) is 2.40. The fourth-order valence-electron chi connectivity index (χ4n) is 2.36. The summed E-state index contributed by atoms with van der Waals surface area (Å²) in [4.78, 5) is 12.7. The van der Waals surface area contributed by atoms with Crippen molar-refractivity contribution in [3.63, 3.8) is 0 Å². The second-order valence-corrected chi connectivity index (χ2v) is 6.91. The summed E-state index contributed by atoms with van der Waals surface area (Å²) in [7, 11) is -3.32. The second-order valence-electron chi connectivity index (χ2n) is 5.16. The Labute approximate surface area is 124 Å². The van der Waals surface area contributed by atoms with E-state index in [1.807, 2.05) is 12.1 Å². The van der Waals surface area contributed by atoms with Crippen molar-refractivity contribution in [2.24, 2.45) is 5.73 Å². The maximum Gasteiger partial charge on any atom is 0.314 e. The van der Waals surface area contributed by atoms with Crippen molar-refractivity contribution >= 4 is 27.4 Å². The lowest BCUT2D eigenvalue weighted by Gasteiger charge is -2.32. The molecule has 0 saturated carbocycles. The Morgan fingerprint density at radius 1 is 1.24 bits per heavy atom. The number of piperidine rings is 1. The molecule has 2 rings (SSSR count). The maximum atomic E-state index is 11.4. The number of benzene rings is 1. The SMILES string of the molecule is CS(=O)(=O)Nc1ccccc1NC1CCN(C(N)=O)CC1. The molecule has 1 heterocycles. The predicted molar refractivity (Wildman–Crippen MR) is 82.7 cm³/mol. The number of nitrogens with one attached hydrogen (secondary N) is 2. The second kappa shape index (κ2) is 6.21. The van der Waals surface area contributed by atoms with E-state index >= 15 is 0 Å².